The summed E-state index contributed by atoms with van der Waals surface area (Å²) in [5.41, 5.74) is -1.28. The molecular weight excluding hydrogens is 516 g/mol. The number of hydrogen-bond donors (Lipinski definition) is 0. The number of nitrogens with zero attached hydrogens (tertiary/aromatic N) is 6. The fourth-order valence-electron chi connectivity index (χ4n) is 5.22. The molecule has 0 bridgehead atoms. The van der Waals surface area contributed by atoms with E-state index >= 15 is 0 Å². The number of amides is 2. The van der Waals surface area contributed by atoms with E-state index in [4.69, 9.17) is 19.2 Å². The molecule has 3 fully saturated rings. The number of hydrogen-bond acceptors (Lipinski definition) is 10. The zero-order chi connectivity index (χ0) is 29.5. The summed E-state index contributed by atoms with van der Waals surface area (Å²) < 4.78 is 16.3. The van der Waals surface area contributed by atoms with Crippen molar-refractivity contribution in [1.29, 1.82) is 0 Å². The van der Waals surface area contributed by atoms with Gasteiger partial charge < -0.3 is 28.9 Å². The first-order valence-electron chi connectivity index (χ1n) is 14.1. The average molecular weight is 561 g/mol. The fourth-order valence-corrected chi connectivity index (χ4v) is 5.22. The Labute approximate surface area is 236 Å². The Balaban J connectivity index is 1.56. The van der Waals surface area contributed by atoms with Crippen LogP contribution in [0.15, 0.2) is 6.07 Å². The third-order valence-electron chi connectivity index (χ3n) is 7.26. The summed E-state index contributed by atoms with van der Waals surface area (Å²) in [4.78, 5) is 55.5. The van der Waals surface area contributed by atoms with Crippen LogP contribution < -0.4 is 9.80 Å². The van der Waals surface area contributed by atoms with Gasteiger partial charge in [0.15, 0.2) is 5.69 Å². The molecule has 1 saturated carbocycles. The normalized spacial score (nSPS) is 21.1. The molecule has 1 aromatic rings. The van der Waals surface area contributed by atoms with E-state index in [2.05, 4.69) is 9.88 Å². The van der Waals surface area contributed by atoms with Crippen molar-refractivity contribution in [2.45, 2.75) is 90.5 Å². The summed E-state index contributed by atoms with van der Waals surface area (Å²) in [6.45, 7) is 16.4. The van der Waals surface area contributed by atoms with Crippen molar-refractivity contribution in [2.24, 2.45) is 0 Å². The first kappa shape index (κ1) is 29.7. The molecule has 0 aromatic carbocycles. The molecule has 3 aliphatic rings. The van der Waals surface area contributed by atoms with E-state index in [1.165, 1.54) is 7.11 Å². The van der Waals surface area contributed by atoms with Gasteiger partial charge in [-0.2, -0.15) is 4.98 Å². The van der Waals surface area contributed by atoms with Crippen LogP contribution >= 0.6 is 0 Å². The Morgan fingerprint density at radius 2 is 1.57 bits per heavy atom. The first-order chi connectivity index (χ1) is 18.6. The number of esters is 1. The van der Waals surface area contributed by atoms with Crippen LogP contribution in [0.1, 0.15) is 78.2 Å². The standard InChI is InChI=1S/C28H44N6O6/c1-19-17-31(24(36)39-26(2,3)4)12-9-13-33(19)23-29-20(22(35)38-8)16-21(30-23)32-14-15-34(28(18-32)10-11-28)25(37)40-27(5,6)7/h16,19H,9-15,17-18H2,1-8H3/t19-/m0/s1. The Bertz CT molecular complexity index is 1130. The van der Waals surface area contributed by atoms with Crippen LogP contribution in [0.5, 0.6) is 0 Å². The van der Waals surface area contributed by atoms with Crippen molar-refractivity contribution in [3.63, 3.8) is 0 Å². The molecule has 1 spiro atoms. The molecule has 1 aliphatic carbocycles. The summed E-state index contributed by atoms with van der Waals surface area (Å²) in [7, 11) is 1.33. The zero-order valence-corrected chi connectivity index (χ0v) is 25.2. The number of piperazine rings is 1. The van der Waals surface area contributed by atoms with Gasteiger partial charge in [0, 0.05) is 51.4 Å². The molecule has 0 radical (unpaired) electrons. The number of ether oxygens (including phenoxy) is 3. The smallest absolute Gasteiger partial charge is 0.410 e. The summed E-state index contributed by atoms with van der Waals surface area (Å²) in [6, 6.07) is 1.54. The lowest BCUT2D eigenvalue weighted by Gasteiger charge is -2.43. The predicted octanol–water partition coefficient (Wildman–Crippen LogP) is 3.69. The number of methoxy groups -OCH3 is 1. The van der Waals surface area contributed by atoms with Crippen molar-refractivity contribution >= 4 is 29.9 Å². The van der Waals surface area contributed by atoms with Crippen LogP contribution in [0, 0.1) is 0 Å². The lowest BCUT2D eigenvalue weighted by atomic mass is 10.1. The molecule has 12 heteroatoms. The first-order valence-corrected chi connectivity index (χ1v) is 14.1. The molecule has 3 heterocycles. The Kier molecular flexibility index (Phi) is 8.11. The van der Waals surface area contributed by atoms with E-state index in [1.807, 2.05) is 58.3 Å². The third-order valence-corrected chi connectivity index (χ3v) is 7.26. The van der Waals surface area contributed by atoms with Crippen LogP contribution in [0.25, 0.3) is 0 Å². The van der Waals surface area contributed by atoms with E-state index in [9.17, 15) is 14.4 Å². The van der Waals surface area contributed by atoms with Gasteiger partial charge in [-0.15, -0.1) is 0 Å². The number of aromatic nitrogens is 2. The van der Waals surface area contributed by atoms with Gasteiger partial charge in [0.25, 0.3) is 0 Å². The lowest BCUT2D eigenvalue weighted by Crippen LogP contribution is -2.58. The Morgan fingerprint density at radius 1 is 0.925 bits per heavy atom. The van der Waals surface area contributed by atoms with Gasteiger partial charge in [0.1, 0.15) is 17.0 Å². The van der Waals surface area contributed by atoms with Crippen LogP contribution in [0.2, 0.25) is 0 Å². The number of rotatable bonds is 3. The average Bonchev–Trinajstić information content (AvgIpc) is 3.64. The second-order valence-corrected chi connectivity index (χ2v) is 13.0. The van der Waals surface area contributed by atoms with Gasteiger partial charge in [0.2, 0.25) is 5.95 Å². The highest BCUT2D eigenvalue weighted by molar-refractivity contribution is 5.88. The largest absolute Gasteiger partial charge is 0.464 e. The van der Waals surface area contributed by atoms with E-state index in [0.29, 0.717) is 57.5 Å². The number of anilines is 2. The molecule has 0 N–H and O–H groups in total. The minimum absolute atomic E-state index is 0.116. The summed E-state index contributed by atoms with van der Waals surface area (Å²) >= 11 is 0. The van der Waals surface area contributed by atoms with Gasteiger partial charge in [-0.3, -0.25) is 4.90 Å². The van der Waals surface area contributed by atoms with Crippen molar-refractivity contribution in [2.75, 3.05) is 56.2 Å². The molecule has 40 heavy (non-hydrogen) atoms. The third kappa shape index (κ3) is 6.87. The van der Waals surface area contributed by atoms with Gasteiger partial charge in [-0.05, 0) is 67.7 Å². The van der Waals surface area contributed by atoms with Crippen molar-refractivity contribution in [3.8, 4) is 0 Å². The fraction of sp³-hybridized carbons (Fsp3) is 0.750. The lowest BCUT2D eigenvalue weighted by molar-refractivity contribution is 0.0105. The summed E-state index contributed by atoms with van der Waals surface area (Å²) in [5, 5.41) is 0. The van der Waals surface area contributed by atoms with Gasteiger partial charge in [-0.1, -0.05) is 0 Å². The minimum Gasteiger partial charge on any atom is -0.464 e. The van der Waals surface area contributed by atoms with Crippen LogP contribution in [0.3, 0.4) is 0 Å². The highest BCUT2D eigenvalue weighted by atomic mass is 16.6. The predicted molar refractivity (Wildman–Crippen MR) is 150 cm³/mol. The van der Waals surface area contributed by atoms with Crippen molar-refractivity contribution in [1.82, 2.24) is 19.8 Å². The summed E-state index contributed by atoms with van der Waals surface area (Å²) in [6.07, 6.45) is 1.82. The maximum absolute atomic E-state index is 12.9. The monoisotopic (exact) mass is 560 g/mol. The van der Waals surface area contributed by atoms with Crippen LogP contribution in [-0.2, 0) is 14.2 Å². The van der Waals surface area contributed by atoms with E-state index < -0.39 is 17.2 Å². The molecule has 2 saturated heterocycles. The number of carbonyl (C=O) groups is 3. The van der Waals surface area contributed by atoms with Gasteiger partial charge in [0.05, 0.1) is 12.6 Å². The summed E-state index contributed by atoms with van der Waals surface area (Å²) in [5.74, 6) is 0.480. The van der Waals surface area contributed by atoms with E-state index in [-0.39, 0.29) is 29.5 Å². The molecule has 2 aliphatic heterocycles. The maximum atomic E-state index is 12.9. The molecular formula is C28H44N6O6. The van der Waals surface area contributed by atoms with Gasteiger partial charge in [-0.25, -0.2) is 19.4 Å². The highest BCUT2D eigenvalue weighted by Crippen LogP contribution is 2.45. The molecule has 1 atom stereocenters. The molecule has 1 aromatic heterocycles. The van der Waals surface area contributed by atoms with E-state index in [1.54, 1.807) is 11.0 Å². The van der Waals surface area contributed by atoms with E-state index in [0.717, 1.165) is 12.8 Å². The van der Waals surface area contributed by atoms with Crippen molar-refractivity contribution < 1.29 is 28.6 Å². The second-order valence-electron chi connectivity index (χ2n) is 13.0. The van der Waals surface area contributed by atoms with Crippen LogP contribution in [-0.4, -0.2) is 107 Å². The SMILES string of the molecule is COC(=O)c1cc(N2CCN(C(=O)OC(C)(C)C)C3(CC3)C2)nc(N2CCCN(C(=O)OC(C)(C)C)C[C@@H]2C)n1. The molecule has 0 unspecified atom stereocenters. The molecule has 12 nitrogen and oxygen atoms in total. The van der Waals surface area contributed by atoms with Crippen LogP contribution in [0.4, 0.5) is 21.4 Å². The molecule has 2 amide bonds. The number of carbonyl (C=O) groups excluding carboxylic acids is 3. The van der Waals surface area contributed by atoms with Crippen molar-refractivity contribution in [3.05, 3.63) is 11.8 Å². The maximum Gasteiger partial charge on any atom is 0.410 e. The molecule has 222 valence electrons. The zero-order valence-electron chi connectivity index (χ0n) is 25.2. The minimum atomic E-state index is -0.578. The quantitative estimate of drug-likeness (QED) is 0.400. The molecule has 4 rings (SSSR count). The Hall–Kier alpha value is -3.31. The Morgan fingerprint density at radius 3 is 2.17 bits per heavy atom. The topological polar surface area (TPSA) is 118 Å². The highest BCUT2D eigenvalue weighted by Gasteiger charge is 2.54. The second kappa shape index (κ2) is 10.9. The van der Waals surface area contributed by atoms with Gasteiger partial charge >= 0.3 is 18.2 Å².